The van der Waals surface area contributed by atoms with Crippen LogP contribution in [0.2, 0.25) is 0 Å². The first-order valence-electron chi connectivity index (χ1n) is 8.95. The third-order valence-corrected chi connectivity index (χ3v) is 10.0. The molecule has 0 N–H and O–H groups in total. The number of ether oxygens (including phenoxy) is 2. The van der Waals surface area contributed by atoms with Gasteiger partial charge in [-0.2, -0.15) is 0 Å². The molecule has 2 aliphatic heterocycles. The van der Waals surface area contributed by atoms with Gasteiger partial charge in [0.15, 0.2) is 0 Å². The van der Waals surface area contributed by atoms with Crippen molar-refractivity contribution in [1.82, 2.24) is 0 Å². The molecule has 7 atom stereocenters. The van der Waals surface area contributed by atoms with Crippen LogP contribution in [-0.2, 0) is 19.1 Å². The van der Waals surface area contributed by atoms with Gasteiger partial charge in [0.25, 0.3) is 0 Å². The molecule has 0 aromatic carbocycles. The van der Waals surface area contributed by atoms with Crippen LogP contribution in [0.5, 0.6) is 0 Å². The lowest BCUT2D eigenvalue weighted by Gasteiger charge is -2.31. The van der Waals surface area contributed by atoms with Gasteiger partial charge in [-0.05, 0) is 51.9 Å². The van der Waals surface area contributed by atoms with E-state index in [0.29, 0.717) is 22.5 Å². The van der Waals surface area contributed by atoms with Crippen LogP contribution < -0.4 is 0 Å². The van der Waals surface area contributed by atoms with Crippen molar-refractivity contribution in [3.05, 3.63) is 0 Å². The van der Waals surface area contributed by atoms with E-state index >= 15 is 0 Å². The maximum atomic E-state index is 12.7. The van der Waals surface area contributed by atoms with Crippen LogP contribution in [0.15, 0.2) is 0 Å². The van der Waals surface area contributed by atoms with Gasteiger partial charge in [-0.25, -0.2) is 0 Å². The fourth-order valence-electron chi connectivity index (χ4n) is 4.58. The van der Waals surface area contributed by atoms with E-state index in [-0.39, 0.29) is 28.5 Å². The van der Waals surface area contributed by atoms with Crippen LogP contribution in [0.3, 0.4) is 0 Å². The molecular weight excluding hydrogens is 344 g/mol. The van der Waals surface area contributed by atoms with E-state index < -0.39 is 0 Å². The molecule has 2 aliphatic carbocycles. The topological polar surface area (TPSA) is 52.6 Å². The minimum absolute atomic E-state index is 0.159. The Morgan fingerprint density at radius 1 is 1.04 bits per heavy atom. The number of hydrogen-bond acceptors (Lipinski definition) is 6. The zero-order chi connectivity index (χ0) is 17.1. The maximum Gasteiger partial charge on any atom is 0.309 e. The average Bonchev–Trinajstić information content (AvgIpc) is 3.42. The molecule has 0 radical (unpaired) electrons. The van der Waals surface area contributed by atoms with Gasteiger partial charge in [-0.1, -0.05) is 0 Å². The lowest BCUT2D eigenvalue weighted by atomic mass is 9.74. The molecule has 4 aliphatic rings. The summed E-state index contributed by atoms with van der Waals surface area (Å²) in [6, 6.07) is 0. The Balaban J connectivity index is 1.33. The van der Waals surface area contributed by atoms with E-state index in [9.17, 15) is 9.59 Å². The highest BCUT2D eigenvalue weighted by Crippen LogP contribution is 2.64. The molecule has 2 saturated carbocycles. The van der Waals surface area contributed by atoms with Crippen LogP contribution in [0.1, 0.15) is 46.0 Å². The predicted molar refractivity (Wildman–Crippen MR) is 96.1 cm³/mol. The molecule has 4 rings (SSSR count). The van der Waals surface area contributed by atoms with Crippen molar-refractivity contribution < 1.29 is 19.1 Å². The van der Waals surface area contributed by atoms with Crippen molar-refractivity contribution in [3.8, 4) is 0 Å². The predicted octanol–water partition coefficient (Wildman–Crippen LogP) is 3.28. The molecule has 2 heterocycles. The molecule has 134 valence electrons. The number of carbonyl (C=O) groups is 2. The van der Waals surface area contributed by atoms with Crippen molar-refractivity contribution in [2.24, 2.45) is 17.8 Å². The summed E-state index contributed by atoms with van der Waals surface area (Å²) in [4.78, 5) is 24.8. The number of methoxy groups -OCH3 is 1. The quantitative estimate of drug-likeness (QED) is 0.559. The fourth-order valence-corrected chi connectivity index (χ4v) is 7.33. The minimum atomic E-state index is -0.340. The van der Waals surface area contributed by atoms with E-state index in [1.165, 1.54) is 13.5 Å². The largest absolute Gasteiger partial charge is 0.469 e. The van der Waals surface area contributed by atoms with Crippen molar-refractivity contribution in [2.45, 2.75) is 65.9 Å². The van der Waals surface area contributed by atoms with E-state index in [1.54, 1.807) is 0 Å². The molecule has 0 aromatic rings. The molecule has 7 unspecified atom stereocenters. The summed E-state index contributed by atoms with van der Waals surface area (Å²) < 4.78 is 11.3. The molecule has 24 heavy (non-hydrogen) atoms. The van der Waals surface area contributed by atoms with Gasteiger partial charge in [0, 0.05) is 20.0 Å². The standard InChI is InChI=1S/C18H26O4S2/c1-17-5-4-10(6-13(17)23-17)9-22-16(20)11-7-14-18(2,24-14)8-12(11)15(19)21-3/h10-14H,4-9H2,1-3H3. The van der Waals surface area contributed by atoms with Crippen molar-refractivity contribution >= 4 is 35.5 Å². The summed E-state index contributed by atoms with van der Waals surface area (Å²) >= 11 is 3.96. The zero-order valence-electron chi connectivity index (χ0n) is 14.6. The molecule has 0 spiro atoms. The van der Waals surface area contributed by atoms with Gasteiger partial charge >= 0.3 is 11.9 Å². The number of thioether (sulfide) groups is 2. The SMILES string of the molecule is COC(=O)C1CC2(C)SC2CC1C(=O)OCC1CCC2(C)SC2C1. The molecule has 4 fully saturated rings. The second-order valence-electron chi connectivity index (χ2n) is 8.28. The Morgan fingerprint density at radius 3 is 2.46 bits per heavy atom. The highest BCUT2D eigenvalue weighted by molar-refractivity contribution is 8.08. The van der Waals surface area contributed by atoms with Gasteiger partial charge in [-0.15, -0.1) is 23.5 Å². The number of rotatable bonds is 4. The lowest BCUT2D eigenvalue weighted by molar-refractivity contribution is -0.162. The highest BCUT2D eigenvalue weighted by Gasteiger charge is 2.61. The van der Waals surface area contributed by atoms with Crippen molar-refractivity contribution in [2.75, 3.05) is 13.7 Å². The third-order valence-electron chi connectivity index (χ3n) is 6.51. The minimum Gasteiger partial charge on any atom is -0.469 e. The van der Waals surface area contributed by atoms with Gasteiger partial charge in [0.2, 0.25) is 0 Å². The van der Waals surface area contributed by atoms with Gasteiger partial charge in [0.1, 0.15) is 0 Å². The summed E-state index contributed by atoms with van der Waals surface area (Å²) in [6.07, 6.45) is 5.02. The van der Waals surface area contributed by atoms with E-state index in [4.69, 9.17) is 9.47 Å². The van der Waals surface area contributed by atoms with Crippen LogP contribution in [0.25, 0.3) is 0 Å². The average molecular weight is 371 g/mol. The second-order valence-corrected chi connectivity index (χ2v) is 11.8. The van der Waals surface area contributed by atoms with E-state index in [2.05, 4.69) is 25.6 Å². The van der Waals surface area contributed by atoms with Gasteiger partial charge < -0.3 is 9.47 Å². The van der Waals surface area contributed by atoms with Crippen LogP contribution in [0, 0.1) is 17.8 Å². The summed E-state index contributed by atoms with van der Waals surface area (Å²) in [6.45, 7) is 5.05. The monoisotopic (exact) mass is 370 g/mol. The first-order valence-corrected chi connectivity index (χ1v) is 10.7. The summed E-state index contributed by atoms with van der Waals surface area (Å²) in [5, 5.41) is 1.25. The molecular formula is C18H26O4S2. The van der Waals surface area contributed by atoms with Crippen LogP contribution in [0.4, 0.5) is 0 Å². The summed E-state index contributed by atoms with van der Waals surface area (Å²) in [7, 11) is 1.41. The van der Waals surface area contributed by atoms with Crippen LogP contribution >= 0.6 is 23.5 Å². The molecule has 0 bridgehead atoms. The van der Waals surface area contributed by atoms with Crippen molar-refractivity contribution in [1.29, 1.82) is 0 Å². The number of hydrogen-bond donors (Lipinski definition) is 0. The smallest absolute Gasteiger partial charge is 0.309 e. The summed E-state index contributed by atoms with van der Waals surface area (Å²) in [5.74, 6) is -0.617. The fraction of sp³-hybridized carbons (Fsp3) is 0.889. The second kappa shape index (κ2) is 5.83. The van der Waals surface area contributed by atoms with Crippen molar-refractivity contribution in [3.63, 3.8) is 0 Å². The Labute approximate surface area is 152 Å². The molecule has 2 saturated heterocycles. The zero-order valence-corrected chi connectivity index (χ0v) is 16.2. The van der Waals surface area contributed by atoms with Crippen LogP contribution in [-0.4, -0.2) is 45.6 Å². The number of fused-ring (bicyclic) bond motifs is 2. The Bertz CT molecular complexity index is 567. The van der Waals surface area contributed by atoms with E-state index in [1.807, 2.05) is 11.8 Å². The molecule has 0 amide bonds. The maximum absolute atomic E-state index is 12.7. The van der Waals surface area contributed by atoms with E-state index in [0.717, 1.165) is 30.9 Å². The number of carbonyl (C=O) groups excluding carboxylic acids is 2. The Kier molecular flexibility index (Phi) is 4.15. The number of esters is 2. The Hall–Kier alpha value is -0.360. The molecule has 6 heteroatoms. The van der Waals surface area contributed by atoms with Gasteiger partial charge in [-0.3, -0.25) is 9.59 Å². The Morgan fingerprint density at radius 2 is 1.75 bits per heavy atom. The first-order chi connectivity index (χ1) is 11.3. The lowest BCUT2D eigenvalue weighted by Crippen LogP contribution is -2.40. The normalized spacial score (nSPS) is 48.7. The first kappa shape index (κ1) is 17.1. The summed E-state index contributed by atoms with van der Waals surface area (Å²) in [5.41, 5.74) is 0. The van der Waals surface area contributed by atoms with Gasteiger partial charge in [0.05, 0.1) is 25.6 Å². The highest BCUT2D eigenvalue weighted by atomic mass is 32.2. The molecule has 4 nitrogen and oxygen atoms in total. The molecule has 0 aromatic heterocycles. The third kappa shape index (κ3) is 2.98.